The van der Waals surface area contributed by atoms with Gasteiger partial charge < -0.3 is 10.1 Å². The minimum absolute atomic E-state index is 0.0327. The fourth-order valence-electron chi connectivity index (χ4n) is 2.65. The van der Waals surface area contributed by atoms with Crippen molar-refractivity contribution in [3.8, 4) is 0 Å². The first-order valence-electron chi connectivity index (χ1n) is 7.59. The van der Waals surface area contributed by atoms with Crippen LogP contribution in [0.2, 0.25) is 0 Å². The van der Waals surface area contributed by atoms with Crippen molar-refractivity contribution in [3.63, 3.8) is 0 Å². The lowest BCUT2D eigenvalue weighted by atomic mass is 10.1. The number of hydrogen-bond acceptors (Lipinski definition) is 5. The standard InChI is InChI=1S/C15H15F3N4O3/c16-15(17,18)10-3-4-13(14(6-10)22(23)24)20-11-7-19-21(8-11)9-12-2-1-5-25-12/h3-4,6-8,12,20H,1-2,5,9H2/t12-/m0/s1. The number of aromatic nitrogens is 2. The number of ether oxygens (including phenoxy) is 1. The lowest BCUT2D eigenvalue weighted by Crippen LogP contribution is -2.15. The average Bonchev–Trinajstić information content (AvgIpc) is 3.19. The maximum absolute atomic E-state index is 12.7. The Bertz CT molecular complexity index is 770. The third kappa shape index (κ3) is 4.08. The van der Waals surface area contributed by atoms with Crippen LogP contribution in [0.3, 0.4) is 0 Å². The topological polar surface area (TPSA) is 82.2 Å². The van der Waals surface area contributed by atoms with Crippen LogP contribution in [-0.4, -0.2) is 27.4 Å². The molecule has 1 aromatic heterocycles. The molecule has 0 saturated carbocycles. The molecule has 1 atom stereocenters. The van der Waals surface area contributed by atoms with E-state index in [1.807, 2.05) is 0 Å². The van der Waals surface area contributed by atoms with Crippen molar-refractivity contribution in [1.29, 1.82) is 0 Å². The Morgan fingerprint density at radius 2 is 2.24 bits per heavy atom. The van der Waals surface area contributed by atoms with Gasteiger partial charge in [-0.05, 0) is 25.0 Å². The second kappa shape index (κ2) is 6.71. The van der Waals surface area contributed by atoms with E-state index in [0.29, 0.717) is 18.3 Å². The van der Waals surface area contributed by atoms with Crippen LogP contribution >= 0.6 is 0 Å². The van der Waals surface area contributed by atoms with Crippen molar-refractivity contribution >= 4 is 17.1 Å². The van der Waals surface area contributed by atoms with Crippen molar-refractivity contribution in [2.45, 2.75) is 31.7 Å². The van der Waals surface area contributed by atoms with Gasteiger partial charge in [-0.3, -0.25) is 14.8 Å². The van der Waals surface area contributed by atoms with Gasteiger partial charge in [0.05, 0.1) is 35.0 Å². The van der Waals surface area contributed by atoms with Crippen molar-refractivity contribution in [2.24, 2.45) is 0 Å². The predicted molar refractivity (Wildman–Crippen MR) is 82.6 cm³/mol. The molecular weight excluding hydrogens is 341 g/mol. The molecule has 0 aliphatic carbocycles. The number of rotatable bonds is 5. The number of nitrogens with zero attached hydrogens (tertiary/aromatic N) is 3. The summed E-state index contributed by atoms with van der Waals surface area (Å²) in [5, 5.41) is 18.0. The lowest BCUT2D eigenvalue weighted by molar-refractivity contribution is -0.384. The first-order valence-corrected chi connectivity index (χ1v) is 7.59. The molecule has 0 bridgehead atoms. The quantitative estimate of drug-likeness (QED) is 0.652. The highest BCUT2D eigenvalue weighted by atomic mass is 19.4. The van der Waals surface area contributed by atoms with E-state index < -0.39 is 22.4 Å². The summed E-state index contributed by atoms with van der Waals surface area (Å²) in [6, 6.07) is 2.35. The van der Waals surface area contributed by atoms with Crippen LogP contribution < -0.4 is 5.32 Å². The molecule has 0 spiro atoms. The first kappa shape index (κ1) is 17.2. The molecule has 134 valence electrons. The number of alkyl halides is 3. The minimum atomic E-state index is -4.64. The second-order valence-electron chi connectivity index (χ2n) is 5.70. The summed E-state index contributed by atoms with van der Waals surface area (Å²) in [7, 11) is 0. The third-order valence-corrected chi connectivity index (χ3v) is 3.85. The second-order valence-corrected chi connectivity index (χ2v) is 5.70. The van der Waals surface area contributed by atoms with Crippen LogP contribution in [0, 0.1) is 10.1 Å². The summed E-state index contributed by atoms with van der Waals surface area (Å²) >= 11 is 0. The molecule has 1 N–H and O–H groups in total. The first-order chi connectivity index (χ1) is 11.8. The van der Waals surface area contributed by atoms with Gasteiger partial charge >= 0.3 is 6.18 Å². The number of hydrogen-bond donors (Lipinski definition) is 1. The van der Waals surface area contributed by atoms with Gasteiger partial charge in [-0.1, -0.05) is 0 Å². The number of nitrogens with one attached hydrogen (secondary N) is 1. The van der Waals surface area contributed by atoms with E-state index >= 15 is 0 Å². The molecule has 3 rings (SSSR count). The van der Waals surface area contributed by atoms with Gasteiger partial charge in [-0.15, -0.1) is 0 Å². The number of benzene rings is 1. The summed E-state index contributed by atoms with van der Waals surface area (Å²) in [6.45, 7) is 1.27. The Kier molecular flexibility index (Phi) is 4.62. The molecule has 0 unspecified atom stereocenters. The van der Waals surface area contributed by atoms with Crippen LogP contribution in [0.15, 0.2) is 30.6 Å². The molecular formula is C15H15F3N4O3. The molecule has 1 aromatic carbocycles. The molecule has 1 aliphatic heterocycles. The fourth-order valence-corrected chi connectivity index (χ4v) is 2.65. The molecule has 2 aromatic rings. The van der Waals surface area contributed by atoms with E-state index in [1.165, 1.54) is 6.20 Å². The van der Waals surface area contributed by atoms with E-state index in [-0.39, 0.29) is 11.8 Å². The summed E-state index contributed by atoms with van der Waals surface area (Å²) in [6.07, 6.45) is 0.449. The van der Waals surface area contributed by atoms with Gasteiger partial charge in [-0.2, -0.15) is 18.3 Å². The van der Waals surface area contributed by atoms with Gasteiger partial charge in [0, 0.05) is 18.9 Å². The van der Waals surface area contributed by atoms with Crippen LogP contribution in [0.5, 0.6) is 0 Å². The SMILES string of the molecule is O=[N+]([O-])c1cc(C(F)(F)F)ccc1Nc1cnn(C[C@@H]2CCCO2)c1. The van der Waals surface area contributed by atoms with Crippen molar-refractivity contribution in [2.75, 3.05) is 11.9 Å². The van der Waals surface area contributed by atoms with Gasteiger partial charge in [-0.25, -0.2) is 0 Å². The Morgan fingerprint density at radius 3 is 2.88 bits per heavy atom. The Morgan fingerprint density at radius 1 is 1.44 bits per heavy atom. The molecule has 7 nitrogen and oxygen atoms in total. The van der Waals surface area contributed by atoms with Gasteiger partial charge in [0.25, 0.3) is 5.69 Å². The fraction of sp³-hybridized carbons (Fsp3) is 0.400. The molecule has 0 amide bonds. The van der Waals surface area contributed by atoms with Gasteiger partial charge in [0.1, 0.15) is 5.69 Å². The summed E-state index contributed by atoms with van der Waals surface area (Å²) in [4.78, 5) is 10.2. The summed E-state index contributed by atoms with van der Waals surface area (Å²) in [5.74, 6) is 0. The molecule has 1 aliphatic rings. The van der Waals surface area contributed by atoms with E-state index in [1.54, 1.807) is 10.9 Å². The van der Waals surface area contributed by atoms with E-state index in [9.17, 15) is 23.3 Å². The van der Waals surface area contributed by atoms with E-state index in [2.05, 4.69) is 10.4 Å². The third-order valence-electron chi connectivity index (χ3n) is 3.85. The van der Waals surface area contributed by atoms with Crippen LogP contribution in [-0.2, 0) is 17.5 Å². The normalized spacial score (nSPS) is 17.6. The van der Waals surface area contributed by atoms with Gasteiger partial charge in [0.2, 0.25) is 0 Å². The van der Waals surface area contributed by atoms with Crippen molar-refractivity contribution in [1.82, 2.24) is 9.78 Å². The smallest absolute Gasteiger partial charge is 0.376 e. The number of halogens is 3. The molecule has 25 heavy (non-hydrogen) atoms. The van der Waals surface area contributed by atoms with Crippen molar-refractivity contribution < 1.29 is 22.8 Å². The van der Waals surface area contributed by atoms with Gasteiger partial charge in [0.15, 0.2) is 0 Å². The Hall–Kier alpha value is -2.62. The highest BCUT2D eigenvalue weighted by Crippen LogP contribution is 2.36. The zero-order chi connectivity index (χ0) is 18.0. The number of anilines is 2. The molecule has 1 fully saturated rings. The summed E-state index contributed by atoms with van der Waals surface area (Å²) < 4.78 is 45.3. The number of nitro benzene ring substituents is 1. The largest absolute Gasteiger partial charge is 0.416 e. The maximum atomic E-state index is 12.7. The summed E-state index contributed by atoms with van der Waals surface area (Å²) in [5.41, 5.74) is -1.31. The van der Waals surface area contributed by atoms with Crippen molar-refractivity contribution in [3.05, 3.63) is 46.3 Å². The molecule has 0 radical (unpaired) electrons. The monoisotopic (exact) mass is 356 g/mol. The molecule has 2 heterocycles. The average molecular weight is 356 g/mol. The zero-order valence-electron chi connectivity index (χ0n) is 13.0. The van der Waals surface area contributed by atoms with Crippen LogP contribution in [0.25, 0.3) is 0 Å². The molecule has 1 saturated heterocycles. The van der Waals surface area contributed by atoms with Crippen LogP contribution in [0.4, 0.5) is 30.2 Å². The predicted octanol–water partition coefficient (Wildman–Crippen LogP) is 3.73. The molecule has 10 heteroatoms. The lowest BCUT2D eigenvalue weighted by Gasteiger charge is -2.10. The van der Waals surface area contributed by atoms with Crippen LogP contribution in [0.1, 0.15) is 18.4 Å². The minimum Gasteiger partial charge on any atom is -0.376 e. The van der Waals surface area contributed by atoms with E-state index in [4.69, 9.17) is 4.74 Å². The van der Waals surface area contributed by atoms with E-state index in [0.717, 1.165) is 31.6 Å². The highest BCUT2D eigenvalue weighted by molar-refractivity contribution is 5.69. The Labute approximate surface area is 140 Å². The number of nitro groups is 1. The Balaban J connectivity index is 1.78. The maximum Gasteiger partial charge on any atom is 0.416 e. The zero-order valence-corrected chi connectivity index (χ0v) is 13.0. The highest BCUT2D eigenvalue weighted by Gasteiger charge is 2.33.